The van der Waals surface area contributed by atoms with Crippen molar-refractivity contribution in [3.8, 4) is 0 Å². The first-order chi connectivity index (χ1) is 5.59. The summed E-state index contributed by atoms with van der Waals surface area (Å²) in [6, 6.07) is 1.93. The first-order valence-corrected chi connectivity index (χ1v) is 4.41. The fourth-order valence-corrected chi connectivity index (χ4v) is 1.39. The van der Waals surface area contributed by atoms with E-state index in [1.54, 1.807) is 0 Å². The van der Waals surface area contributed by atoms with Crippen molar-refractivity contribution in [2.75, 3.05) is 0 Å². The molecule has 0 atom stereocenters. The smallest absolute Gasteiger partial charge is 0.303 e. The van der Waals surface area contributed by atoms with Gasteiger partial charge in [-0.25, -0.2) is 0 Å². The standard InChI is InChI=1S/C8H10BrNO2/c1-10-5-6(4-7(10)9)2-3-8(11)12/h4-5H,2-3H2,1H3,(H,11,12). The van der Waals surface area contributed by atoms with Crippen LogP contribution in [0.4, 0.5) is 0 Å². The highest BCUT2D eigenvalue weighted by Gasteiger charge is 2.02. The molecule has 0 saturated heterocycles. The second-order valence-electron chi connectivity index (χ2n) is 2.68. The first-order valence-electron chi connectivity index (χ1n) is 3.62. The van der Waals surface area contributed by atoms with Crippen molar-refractivity contribution >= 4 is 21.9 Å². The summed E-state index contributed by atoms with van der Waals surface area (Å²) in [4.78, 5) is 10.2. The predicted octanol–water partition coefficient (Wildman–Crippen LogP) is 1.80. The molecule has 0 unspecified atom stereocenters. The minimum atomic E-state index is -0.755. The fourth-order valence-electron chi connectivity index (χ4n) is 0.990. The molecule has 0 spiro atoms. The Hall–Kier alpha value is -0.770. The summed E-state index contributed by atoms with van der Waals surface area (Å²) in [7, 11) is 1.91. The van der Waals surface area contributed by atoms with E-state index in [9.17, 15) is 4.79 Å². The lowest BCUT2D eigenvalue weighted by molar-refractivity contribution is -0.136. The third-order valence-electron chi connectivity index (χ3n) is 1.63. The van der Waals surface area contributed by atoms with Crippen LogP contribution < -0.4 is 0 Å². The van der Waals surface area contributed by atoms with Gasteiger partial charge in [0.1, 0.15) is 0 Å². The Kier molecular flexibility index (Phi) is 2.92. The molecule has 1 aromatic heterocycles. The maximum atomic E-state index is 10.2. The summed E-state index contributed by atoms with van der Waals surface area (Å²) in [6.07, 6.45) is 2.71. The Labute approximate surface area is 79.1 Å². The molecule has 0 radical (unpaired) electrons. The van der Waals surface area contributed by atoms with Crippen molar-refractivity contribution in [1.82, 2.24) is 4.57 Å². The predicted molar refractivity (Wildman–Crippen MR) is 49.1 cm³/mol. The van der Waals surface area contributed by atoms with Gasteiger partial charge in [-0.2, -0.15) is 0 Å². The third-order valence-corrected chi connectivity index (χ3v) is 2.42. The summed E-state index contributed by atoms with van der Waals surface area (Å²) >= 11 is 3.34. The van der Waals surface area contributed by atoms with E-state index in [1.165, 1.54) is 0 Å². The molecule has 1 heterocycles. The lowest BCUT2D eigenvalue weighted by Gasteiger charge is -1.91. The Morgan fingerprint density at radius 3 is 2.83 bits per heavy atom. The first kappa shape index (κ1) is 9.32. The third kappa shape index (κ3) is 2.37. The molecule has 66 valence electrons. The molecule has 1 aromatic rings. The minimum Gasteiger partial charge on any atom is -0.481 e. The monoisotopic (exact) mass is 231 g/mol. The summed E-state index contributed by atoms with van der Waals surface area (Å²) < 4.78 is 2.89. The topological polar surface area (TPSA) is 42.2 Å². The van der Waals surface area contributed by atoms with E-state index in [0.29, 0.717) is 6.42 Å². The molecule has 0 saturated carbocycles. The number of carboxylic acids is 1. The zero-order valence-corrected chi connectivity index (χ0v) is 8.34. The van der Waals surface area contributed by atoms with Crippen LogP contribution in [0.15, 0.2) is 16.9 Å². The van der Waals surface area contributed by atoms with E-state index in [4.69, 9.17) is 5.11 Å². The second kappa shape index (κ2) is 3.76. The van der Waals surface area contributed by atoms with Gasteiger partial charge in [0, 0.05) is 19.7 Å². The maximum Gasteiger partial charge on any atom is 0.303 e. The van der Waals surface area contributed by atoms with Gasteiger partial charge in [0.15, 0.2) is 0 Å². The van der Waals surface area contributed by atoms with Gasteiger partial charge in [0.2, 0.25) is 0 Å². The van der Waals surface area contributed by atoms with Crippen molar-refractivity contribution in [2.45, 2.75) is 12.8 Å². The van der Waals surface area contributed by atoms with Crippen LogP contribution in [0.5, 0.6) is 0 Å². The van der Waals surface area contributed by atoms with Gasteiger partial charge in [-0.3, -0.25) is 4.79 Å². The van der Waals surface area contributed by atoms with Gasteiger partial charge >= 0.3 is 5.97 Å². The molecule has 0 bridgehead atoms. The molecule has 0 aliphatic carbocycles. The molecule has 12 heavy (non-hydrogen) atoms. The van der Waals surface area contributed by atoms with Crippen LogP contribution in [0.1, 0.15) is 12.0 Å². The van der Waals surface area contributed by atoms with Crippen LogP contribution in [-0.4, -0.2) is 15.6 Å². The van der Waals surface area contributed by atoms with Crippen LogP contribution in [0.25, 0.3) is 0 Å². The van der Waals surface area contributed by atoms with Crippen molar-refractivity contribution < 1.29 is 9.90 Å². The molecule has 0 aliphatic rings. The molecule has 1 rings (SSSR count). The molecule has 4 heteroatoms. The summed E-state index contributed by atoms with van der Waals surface area (Å²) in [5.74, 6) is -0.755. The number of nitrogens with zero attached hydrogens (tertiary/aromatic N) is 1. The summed E-state index contributed by atoms with van der Waals surface area (Å²) in [6.45, 7) is 0. The quantitative estimate of drug-likeness (QED) is 0.863. The molecule has 1 N–H and O–H groups in total. The van der Waals surface area contributed by atoms with Crippen LogP contribution in [0.2, 0.25) is 0 Å². The van der Waals surface area contributed by atoms with E-state index in [1.807, 2.05) is 23.9 Å². The average molecular weight is 232 g/mol. The number of hydrogen-bond acceptors (Lipinski definition) is 1. The number of rotatable bonds is 3. The zero-order chi connectivity index (χ0) is 9.14. The number of aromatic nitrogens is 1. The largest absolute Gasteiger partial charge is 0.481 e. The van der Waals surface area contributed by atoms with Crippen LogP contribution in [0.3, 0.4) is 0 Å². The molecular weight excluding hydrogens is 222 g/mol. The highest BCUT2D eigenvalue weighted by Crippen LogP contribution is 2.14. The Bertz CT molecular complexity index is 274. The van der Waals surface area contributed by atoms with Gasteiger partial charge in [0.25, 0.3) is 0 Å². The van der Waals surface area contributed by atoms with E-state index < -0.39 is 5.97 Å². The number of carbonyl (C=O) groups is 1. The maximum absolute atomic E-state index is 10.2. The SMILES string of the molecule is Cn1cc(CCC(=O)O)cc1Br. The number of hydrogen-bond donors (Lipinski definition) is 1. The Morgan fingerprint density at radius 2 is 2.42 bits per heavy atom. The van der Waals surface area contributed by atoms with Gasteiger partial charge in [0.05, 0.1) is 4.60 Å². The van der Waals surface area contributed by atoms with Crippen molar-refractivity contribution in [3.05, 3.63) is 22.4 Å². The summed E-state index contributed by atoms with van der Waals surface area (Å²) in [5.41, 5.74) is 1.05. The number of aliphatic carboxylic acids is 1. The van der Waals surface area contributed by atoms with Gasteiger partial charge in [-0.15, -0.1) is 0 Å². The number of carboxylic acid groups (broad SMARTS) is 1. The van der Waals surface area contributed by atoms with Crippen LogP contribution in [0, 0.1) is 0 Å². The van der Waals surface area contributed by atoms with Crippen molar-refractivity contribution in [3.63, 3.8) is 0 Å². The van der Waals surface area contributed by atoms with E-state index in [0.717, 1.165) is 10.2 Å². The van der Waals surface area contributed by atoms with Crippen LogP contribution >= 0.6 is 15.9 Å². The average Bonchev–Trinajstić information content (AvgIpc) is 2.28. The Balaban J connectivity index is 2.58. The number of aryl methyl sites for hydroxylation is 2. The van der Waals surface area contributed by atoms with Gasteiger partial charge < -0.3 is 9.67 Å². The zero-order valence-electron chi connectivity index (χ0n) is 6.75. The highest BCUT2D eigenvalue weighted by molar-refractivity contribution is 9.10. The lowest BCUT2D eigenvalue weighted by Crippen LogP contribution is -1.96. The molecule has 0 amide bonds. The van der Waals surface area contributed by atoms with E-state index >= 15 is 0 Å². The molecular formula is C8H10BrNO2. The normalized spacial score (nSPS) is 10.2. The molecule has 0 aliphatic heterocycles. The van der Waals surface area contributed by atoms with Crippen molar-refractivity contribution in [2.24, 2.45) is 7.05 Å². The number of halogens is 1. The van der Waals surface area contributed by atoms with Gasteiger partial charge in [-0.05, 0) is 34.0 Å². The lowest BCUT2D eigenvalue weighted by atomic mass is 10.2. The highest BCUT2D eigenvalue weighted by atomic mass is 79.9. The molecule has 3 nitrogen and oxygen atoms in total. The van der Waals surface area contributed by atoms with Crippen molar-refractivity contribution in [1.29, 1.82) is 0 Å². The Morgan fingerprint density at radius 1 is 1.75 bits per heavy atom. The summed E-state index contributed by atoms with van der Waals surface area (Å²) in [5, 5.41) is 8.43. The molecule has 0 aromatic carbocycles. The second-order valence-corrected chi connectivity index (χ2v) is 3.49. The fraction of sp³-hybridized carbons (Fsp3) is 0.375. The minimum absolute atomic E-state index is 0.191. The van der Waals surface area contributed by atoms with E-state index in [-0.39, 0.29) is 6.42 Å². The molecule has 0 fully saturated rings. The van der Waals surface area contributed by atoms with Crippen LogP contribution in [-0.2, 0) is 18.3 Å². The van der Waals surface area contributed by atoms with Gasteiger partial charge in [-0.1, -0.05) is 0 Å². The van der Waals surface area contributed by atoms with E-state index in [2.05, 4.69) is 15.9 Å².